The molecule has 0 atom stereocenters. The van der Waals surface area contributed by atoms with Crippen LogP contribution in [0.4, 0.5) is 0 Å². The summed E-state index contributed by atoms with van der Waals surface area (Å²) in [4.78, 5) is 0. The van der Waals surface area contributed by atoms with E-state index in [-0.39, 0.29) is 0 Å². The van der Waals surface area contributed by atoms with E-state index in [2.05, 4.69) is 57.2 Å². The molecule has 0 N–H and O–H groups in total. The molecule has 0 aliphatic rings. The van der Waals surface area contributed by atoms with Gasteiger partial charge in [0.1, 0.15) is 0 Å². The quantitative estimate of drug-likeness (QED) is 0.113. The minimum absolute atomic E-state index is 0.540. The van der Waals surface area contributed by atoms with Gasteiger partial charge >= 0.3 is 0 Å². The van der Waals surface area contributed by atoms with E-state index in [0.717, 1.165) is 50.1 Å². The molecule has 0 aromatic heterocycles. The molecule has 0 saturated heterocycles. The second-order valence-electron chi connectivity index (χ2n) is 11.5. The number of benzene rings is 4. The van der Waals surface area contributed by atoms with E-state index < -0.39 is 0 Å². The van der Waals surface area contributed by atoms with E-state index in [4.69, 9.17) is 42.6 Å². The first-order valence-electron chi connectivity index (χ1n) is 16.2. The lowest BCUT2D eigenvalue weighted by Crippen LogP contribution is -2.00. The molecule has 0 fully saturated rings. The molecule has 270 valence electrons. The maximum absolute atomic E-state index is 5.61. The van der Waals surface area contributed by atoms with Crippen molar-refractivity contribution in [1.29, 1.82) is 0 Å². The van der Waals surface area contributed by atoms with Gasteiger partial charge in [-0.25, -0.2) is 0 Å². The van der Waals surface area contributed by atoms with Crippen molar-refractivity contribution in [3.63, 3.8) is 0 Å². The molecule has 4 aromatic carbocycles. The molecule has 9 nitrogen and oxygen atoms in total. The monoisotopic (exact) mass is 696 g/mol. The number of hydrogen-bond acceptors (Lipinski definition) is 9. The van der Waals surface area contributed by atoms with E-state index in [9.17, 15) is 0 Å². The van der Waals surface area contributed by atoms with Crippen LogP contribution in [0.2, 0.25) is 0 Å². The summed E-state index contributed by atoms with van der Waals surface area (Å²) in [7, 11) is 14.4. The Hall–Kier alpha value is -5.70. The average Bonchev–Trinajstić information content (AvgIpc) is 3.15. The van der Waals surface area contributed by atoms with Gasteiger partial charge < -0.3 is 42.6 Å². The van der Waals surface area contributed by atoms with Crippen LogP contribution in [0.3, 0.4) is 0 Å². The standard InChI is InChI=1S/C42H48O9/c1-25-31(16-13-28-19-34(43-4)40(49-10)35(20-28)44-5)26(2)33(18-15-30-23-38(47-8)42(51-12)39(24-30)48-9)27(3)32(25)17-14-29-21-36(45-6)41(50-11)37(22-29)46-7/h13-24H,1-12H3/b16-13+,17-14+,18-15+. The summed E-state index contributed by atoms with van der Waals surface area (Å²) >= 11 is 0. The predicted octanol–water partition coefficient (Wildman–Crippen LogP) is 9.20. The van der Waals surface area contributed by atoms with Gasteiger partial charge in [0.05, 0.1) is 64.0 Å². The van der Waals surface area contributed by atoms with Gasteiger partial charge in [0.25, 0.3) is 0 Å². The fraction of sp³-hybridized carbons (Fsp3) is 0.286. The van der Waals surface area contributed by atoms with Gasteiger partial charge in [0.2, 0.25) is 17.2 Å². The van der Waals surface area contributed by atoms with Crippen molar-refractivity contribution in [2.45, 2.75) is 20.8 Å². The smallest absolute Gasteiger partial charge is 0.203 e. The second-order valence-corrected chi connectivity index (χ2v) is 11.5. The summed E-state index contributed by atoms with van der Waals surface area (Å²) in [5, 5.41) is 0. The highest BCUT2D eigenvalue weighted by Gasteiger charge is 2.17. The fourth-order valence-electron chi connectivity index (χ4n) is 6.16. The van der Waals surface area contributed by atoms with Crippen molar-refractivity contribution < 1.29 is 42.6 Å². The molecule has 4 aromatic rings. The second kappa shape index (κ2) is 17.3. The third-order valence-electron chi connectivity index (χ3n) is 8.81. The van der Waals surface area contributed by atoms with Crippen LogP contribution in [0.1, 0.15) is 50.1 Å². The Morgan fingerprint density at radius 3 is 0.647 bits per heavy atom. The first-order valence-corrected chi connectivity index (χ1v) is 16.2. The van der Waals surface area contributed by atoms with E-state index in [0.29, 0.717) is 51.7 Å². The van der Waals surface area contributed by atoms with E-state index in [1.54, 1.807) is 64.0 Å². The van der Waals surface area contributed by atoms with Gasteiger partial charge in [0, 0.05) is 0 Å². The molecular weight excluding hydrogens is 648 g/mol. The third kappa shape index (κ3) is 8.04. The Morgan fingerprint density at radius 1 is 0.294 bits per heavy atom. The molecule has 0 amide bonds. The molecule has 0 bridgehead atoms. The van der Waals surface area contributed by atoms with Gasteiger partial charge in [-0.15, -0.1) is 0 Å². The van der Waals surface area contributed by atoms with Crippen LogP contribution < -0.4 is 42.6 Å². The molecular formula is C42H48O9. The highest BCUT2D eigenvalue weighted by atomic mass is 16.5. The van der Waals surface area contributed by atoms with Crippen LogP contribution in [-0.2, 0) is 0 Å². The molecule has 4 rings (SSSR count). The minimum Gasteiger partial charge on any atom is -0.493 e. The third-order valence-corrected chi connectivity index (χ3v) is 8.81. The lowest BCUT2D eigenvalue weighted by atomic mass is 9.87. The molecule has 0 aliphatic carbocycles. The molecule has 0 heterocycles. The van der Waals surface area contributed by atoms with Gasteiger partial charge in [-0.2, -0.15) is 0 Å². The lowest BCUT2D eigenvalue weighted by Gasteiger charge is -2.18. The number of methoxy groups -OCH3 is 9. The van der Waals surface area contributed by atoms with Gasteiger partial charge in [-0.1, -0.05) is 36.5 Å². The van der Waals surface area contributed by atoms with Crippen LogP contribution in [0.5, 0.6) is 51.7 Å². The molecule has 0 unspecified atom stereocenters. The first-order chi connectivity index (χ1) is 24.6. The van der Waals surface area contributed by atoms with E-state index in [1.165, 1.54) is 0 Å². The summed E-state index contributed by atoms with van der Waals surface area (Å²) in [5.41, 5.74) is 9.25. The van der Waals surface area contributed by atoms with Crippen LogP contribution in [0.15, 0.2) is 36.4 Å². The molecule has 0 saturated carbocycles. The van der Waals surface area contributed by atoms with Crippen LogP contribution in [-0.4, -0.2) is 64.0 Å². The Labute approximate surface area is 301 Å². The van der Waals surface area contributed by atoms with Gasteiger partial charge in [0.15, 0.2) is 34.5 Å². The summed E-state index contributed by atoms with van der Waals surface area (Å²) in [5.74, 6) is 5.10. The predicted molar refractivity (Wildman–Crippen MR) is 206 cm³/mol. The fourth-order valence-corrected chi connectivity index (χ4v) is 6.16. The summed E-state index contributed by atoms with van der Waals surface area (Å²) in [6.07, 6.45) is 12.5. The Kier molecular flexibility index (Phi) is 12.9. The van der Waals surface area contributed by atoms with Crippen molar-refractivity contribution in [2.24, 2.45) is 0 Å². The maximum atomic E-state index is 5.61. The van der Waals surface area contributed by atoms with Crippen molar-refractivity contribution in [3.8, 4) is 51.7 Å². The van der Waals surface area contributed by atoms with Crippen molar-refractivity contribution in [1.82, 2.24) is 0 Å². The Bertz CT molecular complexity index is 1630. The SMILES string of the molecule is COc1cc(/C=C/c2c(C)c(/C=C/c3cc(OC)c(OC)c(OC)c3)c(C)c(/C=C/c3cc(OC)c(OC)c(OC)c3)c2C)cc(OC)c1OC. The van der Waals surface area contributed by atoms with Crippen molar-refractivity contribution in [3.05, 3.63) is 86.5 Å². The van der Waals surface area contributed by atoms with E-state index in [1.807, 2.05) is 36.4 Å². The summed E-state index contributed by atoms with van der Waals surface area (Å²) in [6.45, 7) is 6.41. The first kappa shape index (κ1) is 38.1. The highest BCUT2D eigenvalue weighted by Crippen LogP contribution is 2.42. The van der Waals surface area contributed by atoms with Crippen molar-refractivity contribution in [2.75, 3.05) is 64.0 Å². The van der Waals surface area contributed by atoms with Crippen LogP contribution in [0, 0.1) is 20.8 Å². The average molecular weight is 697 g/mol. The van der Waals surface area contributed by atoms with Gasteiger partial charge in [-0.05, 0) is 107 Å². The molecule has 0 spiro atoms. The largest absolute Gasteiger partial charge is 0.493 e. The highest BCUT2D eigenvalue weighted by molar-refractivity contribution is 5.86. The topological polar surface area (TPSA) is 83.1 Å². The Morgan fingerprint density at radius 2 is 0.490 bits per heavy atom. The Balaban J connectivity index is 1.93. The molecule has 9 heteroatoms. The number of ether oxygens (including phenoxy) is 9. The number of hydrogen-bond donors (Lipinski definition) is 0. The summed E-state index contributed by atoms with van der Waals surface area (Å²) in [6, 6.07) is 11.5. The van der Waals surface area contributed by atoms with E-state index >= 15 is 0 Å². The zero-order chi connectivity index (χ0) is 37.2. The molecule has 0 radical (unpaired) electrons. The van der Waals surface area contributed by atoms with Gasteiger partial charge in [-0.3, -0.25) is 0 Å². The number of rotatable bonds is 15. The minimum atomic E-state index is 0.540. The molecule has 0 aliphatic heterocycles. The summed E-state index contributed by atoms with van der Waals surface area (Å²) < 4.78 is 50.2. The normalized spacial score (nSPS) is 11.3. The molecule has 51 heavy (non-hydrogen) atoms. The zero-order valence-corrected chi connectivity index (χ0v) is 31.6. The lowest BCUT2D eigenvalue weighted by molar-refractivity contribution is 0.324. The van der Waals surface area contributed by atoms with Crippen LogP contribution >= 0.6 is 0 Å². The van der Waals surface area contributed by atoms with Crippen LogP contribution in [0.25, 0.3) is 36.5 Å². The van der Waals surface area contributed by atoms with Crippen molar-refractivity contribution >= 4 is 36.5 Å². The zero-order valence-electron chi connectivity index (χ0n) is 31.6. The maximum Gasteiger partial charge on any atom is 0.203 e.